The first-order chi connectivity index (χ1) is 10.8. The van der Waals surface area contributed by atoms with Crippen LogP contribution in [0.5, 0.6) is 0 Å². The zero-order valence-electron chi connectivity index (χ0n) is 12.9. The summed E-state index contributed by atoms with van der Waals surface area (Å²) in [6.45, 7) is 3.87. The Morgan fingerprint density at radius 1 is 1.35 bits per heavy atom. The lowest BCUT2D eigenvalue weighted by Gasteiger charge is -2.06. The lowest BCUT2D eigenvalue weighted by Crippen LogP contribution is -2.33. The summed E-state index contributed by atoms with van der Waals surface area (Å²) >= 11 is 0. The molecule has 1 aromatic carbocycles. The van der Waals surface area contributed by atoms with E-state index in [2.05, 4.69) is 9.88 Å². The molecular formula is C16H18N2O4S. The van der Waals surface area contributed by atoms with Gasteiger partial charge in [0.2, 0.25) is 15.9 Å². The number of nitrogens with zero attached hydrogens (tertiary/aromatic N) is 1. The summed E-state index contributed by atoms with van der Waals surface area (Å²) in [5.41, 5.74) is 1.28. The summed E-state index contributed by atoms with van der Waals surface area (Å²) < 4.78 is 31.3. The molecule has 0 radical (unpaired) electrons. The Morgan fingerprint density at radius 3 is 2.61 bits per heavy atom. The van der Waals surface area contributed by atoms with Gasteiger partial charge in [0.05, 0.1) is 0 Å². The van der Waals surface area contributed by atoms with Crippen molar-refractivity contribution in [2.45, 2.75) is 26.0 Å². The van der Waals surface area contributed by atoms with Crippen LogP contribution in [0.25, 0.3) is 11.3 Å². The molecule has 1 aliphatic rings. The van der Waals surface area contributed by atoms with E-state index >= 15 is 0 Å². The predicted octanol–water partition coefficient (Wildman–Crippen LogP) is 2.33. The number of rotatable bonds is 5. The smallest absolute Gasteiger partial charge is 0.242 e. The van der Waals surface area contributed by atoms with Gasteiger partial charge in [-0.25, -0.2) is 8.42 Å². The fourth-order valence-corrected chi connectivity index (χ4v) is 3.52. The summed E-state index contributed by atoms with van der Waals surface area (Å²) in [6, 6.07) is 10.9. The van der Waals surface area contributed by atoms with E-state index in [0.717, 1.165) is 5.56 Å². The Labute approximate surface area is 134 Å². The molecule has 122 valence electrons. The second-order valence-electron chi connectivity index (χ2n) is 6.52. The monoisotopic (exact) mass is 334 g/mol. The van der Waals surface area contributed by atoms with Crippen molar-refractivity contribution in [2.75, 3.05) is 0 Å². The largest absolute Gasteiger partial charge is 0.360 e. The van der Waals surface area contributed by atoms with Crippen LogP contribution in [-0.4, -0.2) is 19.5 Å². The second-order valence-corrected chi connectivity index (χ2v) is 8.24. The maximum atomic E-state index is 12.1. The third-order valence-corrected chi connectivity index (χ3v) is 5.22. The standard InChI is InChI=1S/C16H18N2O4S/c1-16(2)9-13(16)15(19)18-23(20,21)10-12-8-14(17-22-12)11-6-4-3-5-7-11/h3-8,13H,9-10H2,1-2H3,(H,18,19)/t13-/m1/s1. The van der Waals surface area contributed by atoms with Gasteiger partial charge in [0.1, 0.15) is 11.4 Å². The fraction of sp³-hybridized carbons (Fsp3) is 0.375. The van der Waals surface area contributed by atoms with Crippen molar-refractivity contribution >= 4 is 15.9 Å². The minimum atomic E-state index is -3.79. The van der Waals surface area contributed by atoms with E-state index < -0.39 is 21.7 Å². The molecule has 1 aliphatic carbocycles. The van der Waals surface area contributed by atoms with Crippen molar-refractivity contribution < 1.29 is 17.7 Å². The summed E-state index contributed by atoms with van der Waals surface area (Å²) in [5, 5.41) is 3.87. The van der Waals surface area contributed by atoms with E-state index in [1.54, 1.807) is 6.07 Å². The molecule has 0 unspecified atom stereocenters. The number of aromatic nitrogens is 1. The number of amides is 1. The van der Waals surface area contributed by atoms with E-state index in [4.69, 9.17) is 4.52 Å². The van der Waals surface area contributed by atoms with E-state index in [9.17, 15) is 13.2 Å². The Balaban J connectivity index is 1.67. The molecule has 0 aliphatic heterocycles. The maximum Gasteiger partial charge on any atom is 0.242 e. The lowest BCUT2D eigenvalue weighted by molar-refractivity contribution is -0.121. The molecule has 7 heteroatoms. The van der Waals surface area contributed by atoms with Gasteiger partial charge < -0.3 is 4.52 Å². The normalized spacial score (nSPS) is 19.3. The molecular weight excluding hydrogens is 316 g/mol. The van der Waals surface area contributed by atoms with E-state index in [0.29, 0.717) is 12.1 Å². The van der Waals surface area contributed by atoms with Crippen LogP contribution in [0.15, 0.2) is 40.9 Å². The van der Waals surface area contributed by atoms with Gasteiger partial charge in [-0.3, -0.25) is 9.52 Å². The SMILES string of the molecule is CC1(C)C[C@@H]1C(=O)NS(=O)(=O)Cc1cc(-c2ccccc2)no1. The van der Waals surface area contributed by atoms with E-state index in [1.165, 1.54) is 0 Å². The Morgan fingerprint density at radius 2 is 2.00 bits per heavy atom. The zero-order chi connectivity index (χ0) is 16.7. The summed E-state index contributed by atoms with van der Waals surface area (Å²) in [4.78, 5) is 11.9. The molecule has 1 heterocycles. The first kappa shape index (κ1) is 15.7. The van der Waals surface area contributed by atoms with Gasteiger partial charge in [-0.1, -0.05) is 49.3 Å². The predicted molar refractivity (Wildman–Crippen MR) is 84.6 cm³/mol. The van der Waals surface area contributed by atoms with Crippen LogP contribution in [0.3, 0.4) is 0 Å². The highest BCUT2D eigenvalue weighted by Gasteiger charge is 2.51. The summed E-state index contributed by atoms with van der Waals surface area (Å²) in [7, 11) is -3.79. The fourth-order valence-electron chi connectivity index (χ4n) is 2.49. The minimum absolute atomic E-state index is 0.119. The molecule has 1 N–H and O–H groups in total. The summed E-state index contributed by atoms with van der Waals surface area (Å²) in [5.74, 6) is -0.907. The molecule has 1 amide bonds. The second kappa shape index (κ2) is 5.49. The van der Waals surface area contributed by atoms with Crippen LogP contribution in [0.4, 0.5) is 0 Å². The molecule has 23 heavy (non-hydrogen) atoms. The Kier molecular flexibility index (Phi) is 3.75. The number of benzene rings is 1. The van der Waals surface area contributed by atoms with Crippen LogP contribution >= 0.6 is 0 Å². The van der Waals surface area contributed by atoms with Gasteiger partial charge in [0, 0.05) is 17.5 Å². The number of nitrogens with one attached hydrogen (secondary N) is 1. The highest BCUT2D eigenvalue weighted by Crippen LogP contribution is 2.51. The highest BCUT2D eigenvalue weighted by atomic mass is 32.2. The lowest BCUT2D eigenvalue weighted by atomic mass is 10.1. The quantitative estimate of drug-likeness (QED) is 0.906. The average Bonchev–Trinajstić information content (AvgIpc) is 2.91. The van der Waals surface area contributed by atoms with Crippen molar-refractivity contribution in [1.29, 1.82) is 0 Å². The van der Waals surface area contributed by atoms with Crippen molar-refractivity contribution in [3.63, 3.8) is 0 Å². The molecule has 2 aromatic rings. The zero-order valence-corrected chi connectivity index (χ0v) is 13.8. The number of carbonyl (C=O) groups excluding carboxylic acids is 1. The van der Waals surface area contributed by atoms with Crippen molar-refractivity contribution in [3.05, 3.63) is 42.2 Å². The first-order valence-corrected chi connectivity index (χ1v) is 8.97. The van der Waals surface area contributed by atoms with Crippen molar-refractivity contribution in [3.8, 4) is 11.3 Å². The molecule has 0 spiro atoms. The third kappa shape index (κ3) is 3.61. The van der Waals surface area contributed by atoms with Crippen LogP contribution in [0.1, 0.15) is 26.0 Å². The van der Waals surface area contributed by atoms with Crippen LogP contribution < -0.4 is 4.72 Å². The van der Waals surface area contributed by atoms with Gasteiger partial charge in [-0.2, -0.15) is 0 Å². The average molecular weight is 334 g/mol. The first-order valence-electron chi connectivity index (χ1n) is 7.32. The number of hydrogen-bond acceptors (Lipinski definition) is 5. The summed E-state index contributed by atoms with van der Waals surface area (Å²) in [6.07, 6.45) is 0.703. The molecule has 0 bridgehead atoms. The van der Waals surface area contributed by atoms with Gasteiger partial charge in [-0.15, -0.1) is 0 Å². The van der Waals surface area contributed by atoms with Gasteiger partial charge in [-0.05, 0) is 11.8 Å². The van der Waals surface area contributed by atoms with Gasteiger partial charge in [0.15, 0.2) is 5.76 Å². The molecule has 1 fully saturated rings. The molecule has 1 saturated carbocycles. The maximum absolute atomic E-state index is 12.1. The Hall–Kier alpha value is -2.15. The Bertz CT molecular complexity index is 825. The van der Waals surface area contributed by atoms with Gasteiger partial charge in [0.25, 0.3) is 0 Å². The number of hydrogen-bond donors (Lipinski definition) is 1. The number of sulfonamides is 1. The minimum Gasteiger partial charge on any atom is -0.360 e. The van der Waals surface area contributed by atoms with E-state index in [1.807, 2.05) is 44.2 Å². The van der Waals surface area contributed by atoms with Crippen LogP contribution in [-0.2, 0) is 20.6 Å². The highest BCUT2D eigenvalue weighted by molar-refractivity contribution is 7.89. The van der Waals surface area contributed by atoms with Crippen LogP contribution in [0.2, 0.25) is 0 Å². The number of carbonyl (C=O) groups is 1. The molecule has 3 rings (SSSR count). The van der Waals surface area contributed by atoms with Crippen molar-refractivity contribution in [2.24, 2.45) is 11.3 Å². The molecule has 1 aromatic heterocycles. The third-order valence-electron chi connectivity index (χ3n) is 4.05. The topological polar surface area (TPSA) is 89.3 Å². The molecule has 6 nitrogen and oxygen atoms in total. The van der Waals surface area contributed by atoms with Crippen LogP contribution in [0, 0.1) is 11.3 Å². The van der Waals surface area contributed by atoms with Gasteiger partial charge >= 0.3 is 0 Å². The molecule has 1 atom stereocenters. The van der Waals surface area contributed by atoms with E-state index in [-0.39, 0.29) is 17.1 Å². The van der Waals surface area contributed by atoms with Crippen molar-refractivity contribution in [1.82, 2.24) is 9.88 Å². The molecule has 0 saturated heterocycles.